The van der Waals surface area contributed by atoms with E-state index in [0.29, 0.717) is 23.9 Å². The summed E-state index contributed by atoms with van der Waals surface area (Å²) in [5, 5.41) is 3.07. The highest BCUT2D eigenvalue weighted by Crippen LogP contribution is 2.43. The molecule has 0 aliphatic heterocycles. The van der Waals surface area contributed by atoms with Crippen molar-refractivity contribution in [3.05, 3.63) is 48.6 Å². The Morgan fingerprint density at radius 2 is 0.744 bits per heavy atom. The number of ether oxygens (including phenoxy) is 1. The van der Waals surface area contributed by atoms with E-state index in [1.54, 1.807) is 0 Å². The van der Waals surface area contributed by atoms with Crippen LogP contribution in [-0.2, 0) is 27.9 Å². The van der Waals surface area contributed by atoms with Crippen LogP contribution in [0.1, 0.15) is 348 Å². The fourth-order valence-corrected chi connectivity index (χ4v) is 11.2. The molecule has 0 heterocycles. The number of nitrogens with zero attached hydrogens (tertiary/aromatic N) is 1. The van der Waals surface area contributed by atoms with Crippen LogP contribution in [0.3, 0.4) is 0 Å². The highest BCUT2D eigenvalue weighted by atomic mass is 31.2. The first-order valence-electron chi connectivity index (χ1n) is 35.5. The molecule has 0 aromatic carbocycles. The van der Waals surface area contributed by atoms with Crippen molar-refractivity contribution in [1.29, 1.82) is 0 Å². The molecule has 0 aromatic heterocycles. The number of amides is 1. The normalized spacial score (nSPS) is 13.8. The molecule has 9 nitrogen and oxygen atoms in total. The fraction of sp³-hybridized carbons (Fsp3) is 0.861. The summed E-state index contributed by atoms with van der Waals surface area (Å²) in [6.07, 6.45) is 78.4. The van der Waals surface area contributed by atoms with Gasteiger partial charge in [0.1, 0.15) is 19.3 Å². The third-order valence-corrected chi connectivity index (χ3v) is 17.0. The van der Waals surface area contributed by atoms with E-state index in [1.165, 1.54) is 244 Å². The third kappa shape index (κ3) is 62.5. The van der Waals surface area contributed by atoms with Crippen LogP contribution in [-0.4, -0.2) is 74.3 Å². The molecule has 82 heavy (non-hydrogen) atoms. The minimum Gasteiger partial charge on any atom is -0.456 e. The lowest BCUT2D eigenvalue weighted by molar-refractivity contribution is -0.870. The number of esters is 1. The van der Waals surface area contributed by atoms with Gasteiger partial charge in [-0.2, -0.15) is 0 Å². The van der Waals surface area contributed by atoms with E-state index in [0.717, 1.165) is 70.6 Å². The first-order valence-corrected chi connectivity index (χ1v) is 37.0. The predicted molar refractivity (Wildman–Crippen MR) is 355 cm³/mol. The van der Waals surface area contributed by atoms with Gasteiger partial charge in [-0.1, -0.05) is 294 Å². The number of allylic oxidation sites excluding steroid dienone is 7. The fourth-order valence-electron chi connectivity index (χ4n) is 10.5. The second-order valence-corrected chi connectivity index (χ2v) is 26.9. The van der Waals surface area contributed by atoms with Crippen molar-refractivity contribution in [2.75, 3.05) is 40.9 Å². The van der Waals surface area contributed by atoms with E-state index in [2.05, 4.69) is 62.5 Å². The molecular weight excluding hydrogens is 1040 g/mol. The zero-order valence-corrected chi connectivity index (χ0v) is 56.1. The molecule has 482 valence electrons. The summed E-state index contributed by atoms with van der Waals surface area (Å²) in [6.45, 7) is 7.03. The monoisotopic (exact) mass is 1170 g/mol. The number of phosphoric ester groups is 1. The maximum absolute atomic E-state index is 13.6. The molecule has 1 amide bonds. The van der Waals surface area contributed by atoms with Gasteiger partial charge in [0.05, 0.1) is 33.8 Å². The zero-order chi connectivity index (χ0) is 60.0. The molecule has 10 heteroatoms. The Balaban J connectivity index is 5.00. The van der Waals surface area contributed by atoms with Crippen LogP contribution in [0, 0.1) is 0 Å². The predicted octanol–water partition coefficient (Wildman–Crippen LogP) is 22.4. The molecule has 0 bridgehead atoms. The van der Waals surface area contributed by atoms with Crippen LogP contribution in [0.5, 0.6) is 0 Å². The molecule has 2 N–H and O–H groups in total. The number of carbonyl (C=O) groups is 2. The Kier molecular flexibility index (Phi) is 60.5. The number of carbonyl (C=O) groups excluding carboxylic acids is 2. The standard InChI is InChI=1S/C72H137N2O7P/c1-7-10-13-16-19-22-25-28-30-32-33-34-35-36-37-38-39-40-41-43-45-47-50-53-56-59-62-65-72(76)81-70(63-60-57-54-51-48-27-24-21-18-15-12-9-3)69(68-80-82(77,78)79-67-66-74(4,5)6)73-71(75)64-61-58-55-52-49-46-44-42-31-29-26-23-20-17-14-11-8-2/h19,22,28-31,60,63,69-70H,7-18,20-21,23-27,32-59,61-62,64-68H2,1-6H3,(H-,73,75,77,78)/p+1/b22-19-,30-28-,31-29+,63-60-. The van der Waals surface area contributed by atoms with Gasteiger partial charge in [-0.25, -0.2) is 4.57 Å². The average Bonchev–Trinajstić information content (AvgIpc) is 3.44. The number of likely N-dealkylation sites (N-methyl/N-ethyl adjacent to an activating group) is 1. The quantitative estimate of drug-likeness (QED) is 0.0205. The van der Waals surface area contributed by atoms with E-state index in [9.17, 15) is 19.0 Å². The van der Waals surface area contributed by atoms with E-state index >= 15 is 0 Å². The second kappa shape index (κ2) is 62.0. The molecule has 3 unspecified atom stereocenters. The zero-order valence-electron chi connectivity index (χ0n) is 55.2. The minimum atomic E-state index is -4.45. The summed E-state index contributed by atoms with van der Waals surface area (Å²) < 4.78 is 30.8. The van der Waals surface area contributed by atoms with Crippen LogP contribution in [0.15, 0.2) is 48.6 Å². The number of quaternary nitrogens is 1. The first kappa shape index (κ1) is 80.0. The molecule has 0 aromatic rings. The summed E-state index contributed by atoms with van der Waals surface area (Å²) in [7, 11) is 1.51. The number of rotatable bonds is 65. The van der Waals surface area contributed by atoms with Gasteiger partial charge in [0, 0.05) is 12.8 Å². The van der Waals surface area contributed by atoms with Gasteiger partial charge in [0.2, 0.25) is 5.91 Å². The molecule has 0 fully saturated rings. The van der Waals surface area contributed by atoms with Gasteiger partial charge < -0.3 is 19.4 Å². The average molecular weight is 1170 g/mol. The Morgan fingerprint density at radius 1 is 0.427 bits per heavy atom. The van der Waals surface area contributed by atoms with Crippen molar-refractivity contribution >= 4 is 19.7 Å². The molecule has 0 spiro atoms. The number of phosphoric acid groups is 1. The lowest BCUT2D eigenvalue weighted by atomic mass is 10.0. The molecular formula is C72H138N2O7P+. The van der Waals surface area contributed by atoms with Gasteiger partial charge in [-0.05, 0) is 89.5 Å². The summed E-state index contributed by atoms with van der Waals surface area (Å²) in [5.41, 5.74) is 0. The van der Waals surface area contributed by atoms with E-state index in [-0.39, 0.29) is 25.1 Å². The highest BCUT2D eigenvalue weighted by Gasteiger charge is 2.30. The number of unbranched alkanes of at least 4 members (excludes halogenated alkanes) is 43. The van der Waals surface area contributed by atoms with Gasteiger partial charge in [0.15, 0.2) is 0 Å². The first-order chi connectivity index (χ1) is 39.9. The SMILES string of the molecule is CCCCC/C=C\C/C=C\CCCCCCCCCCCCCCCCCCCC(=O)OC(/C=C\CCCCCCCCCCCC)C(COP(=O)(O)OCC[N+](C)(C)C)NC(=O)CCCCCCCCC/C=C/CCCCCCCC. The van der Waals surface area contributed by atoms with E-state index in [4.69, 9.17) is 13.8 Å². The topological polar surface area (TPSA) is 111 Å². The van der Waals surface area contributed by atoms with Gasteiger partial charge >= 0.3 is 13.8 Å². The third-order valence-electron chi connectivity index (χ3n) is 16.0. The Hall–Kier alpha value is -2.03. The maximum atomic E-state index is 13.6. The largest absolute Gasteiger partial charge is 0.472 e. The summed E-state index contributed by atoms with van der Waals surface area (Å²) in [5.74, 6) is -0.495. The van der Waals surface area contributed by atoms with Crippen LogP contribution in [0.2, 0.25) is 0 Å². The lowest BCUT2D eigenvalue weighted by Gasteiger charge is -2.27. The second-order valence-electron chi connectivity index (χ2n) is 25.4. The number of nitrogens with one attached hydrogen (secondary N) is 1. The molecule has 3 atom stereocenters. The van der Waals surface area contributed by atoms with Crippen LogP contribution in [0.4, 0.5) is 0 Å². The molecule has 0 rings (SSSR count). The number of hydrogen-bond donors (Lipinski definition) is 2. The molecule has 0 saturated heterocycles. The van der Waals surface area contributed by atoms with Crippen molar-refractivity contribution in [2.45, 2.75) is 360 Å². The minimum absolute atomic E-state index is 0.0410. The van der Waals surface area contributed by atoms with Gasteiger partial charge in [-0.15, -0.1) is 0 Å². The van der Waals surface area contributed by atoms with E-state index < -0.39 is 20.0 Å². The van der Waals surface area contributed by atoms with Crippen LogP contribution >= 0.6 is 7.82 Å². The van der Waals surface area contributed by atoms with Crippen LogP contribution in [0.25, 0.3) is 0 Å². The van der Waals surface area contributed by atoms with E-state index in [1.807, 2.05) is 33.3 Å². The summed E-state index contributed by atoms with van der Waals surface area (Å²) >= 11 is 0. The maximum Gasteiger partial charge on any atom is 0.472 e. The smallest absolute Gasteiger partial charge is 0.456 e. The van der Waals surface area contributed by atoms with Gasteiger partial charge in [0.25, 0.3) is 0 Å². The molecule has 0 aliphatic carbocycles. The Morgan fingerprint density at radius 3 is 1.13 bits per heavy atom. The van der Waals surface area contributed by atoms with Crippen molar-refractivity contribution in [3.8, 4) is 0 Å². The Bertz CT molecular complexity index is 1540. The lowest BCUT2D eigenvalue weighted by Crippen LogP contribution is -2.47. The van der Waals surface area contributed by atoms with Gasteiger partial charge in [-0.3, -0.25) is 18.6 Å². The van der Waals surface area contributed by atoms with Crippen LogP contribution < -0.4 is 5.32 Å². The summed E-state index contributed by atoms with van der Waals surface area (Å²) in [6, 6.07) is -0.849. The molecule has 0 radical (unpaired) electrons. The molecule has 0 aliphatic rings. The van der Waals surface area contributed by atoms with Crippen molar-refractivity contribution in [2.24, 2.45) is 0 Å². The summed E-state index contributed by atoms with van der Waals surface area (Å²) in [4.78, 5) is 37.9. The van der Waals surface area contributed by atoms with Crippen molar-refractivity contribution < 1.29 is 37.3 Å². The highest BCUT2D eigenvalue weighted by molar-refractivity contribution is 7.47. The van der Waals surface area contributed by atoms with Crippen molar-refractivity contribution in [3.63, 3.8) is 0 Å². The van der Waals surface area contributed by atoms with Crippen molar-refractivity contribution in [1.82, 2.24) is 5.32 Å². The molecule has 0 saturated carbocycles. The Labute approximate surface area is 509 Å². The number of hydrogen-bond acceptors (Lipinski definition) is 6.